The molecule has 0 spiro atoms. The number of phenolic OH excluding ortho intramolecular Hbond substituents is 2. The highest BCUT2D eigenvalue weighted by atomic mass is 16.3. The monoisotopic (exact) mass is 233 g/mol. The summed E-state index contributed by atoms with van der Waals surface area (Å²) in [6.07, 6.45) is 0. The van der Waals surface area contributed by atoms with Crippen LogP contribution in [-0.2, 0) is 0 Å². The second-order valence-corrected chi connectivity index (χ2v) is 3.63. The van der Waals surface area contributed by atoms with E-state index in [1.54, 1.807) is 6.92 Å². The lowest BCUT2D eigenvalue weighted by Gasteiger charge is -2.05. The Morgan fingerprint density at radius 2 is 2.00 bits per heavy atom. The molecule has 5 N–H and O–H groups in total. The van der Waals surface area contributed by atoms with Gasteiger partial charge < -0.3 is 20.9 Å². The molecule has 0 aliphatic rings. The molecule has 17 heavy (non-hydrogen) atoms. The fourth-order valence-corrected chi connectivity index (χ4v) is 1.36. The number of phenols is 2. The molecule has 0 bridgehead atoms. The van der Waals surface area contributed by atoms with E-state index in [-0.39, 0.29) is 28.7 Å². The molecule has 1 heterocycles. The third-order valence-electron chi connectivity index (χ3n) is 2.44. The standard InChI is InChI=1S/C11H11N3O3/c1-5-9(12)13-10(14-11(5)17)6-2-3-7(15)8(16)4-6/h2-4,15-16H,1H3,(H3,12,13,14,17). The van der Waals surface area contributed by atoms with Crippen molar-refractivity contribution in [2.24, 2.45) is 0 Å². The maximum atomic E-state index is 11.5. The summed E-state index contributed by atoms with van der Waals surface area (Å²) in [5.41, 5.74) is 6.06. The molecular weight excluding hydrogens is 222 g/mol. The molecule has 2 aromatic rings. The molecule has 1 aromatic heterocycles. The minimum atomic E-state index is -0.333. The molecule has 0 fully saturated rings. The Hall–Kier alpha value is -2.50. The smallest absolute Gasteiger partial charge is 0.256 e. The lowest BCUT2D eigenvalue weighted by atomic mass is 10.2. The molecule has 88 valence electrons. The fourth-order valence-electron chi connectivity index (χ4n) is 1.36. The summed E-state index contributed by atoms with van der Waals surface area (Å²) in [5, 5.41) is 18.5. The number of benzene rings is 1. The van der Waals surface area contributed by atoms with E-state index < -0.39 is 0 Å². The minimum Gasteiger partial charge on any atom is -0.504 e. The van der Waals surface area contributed by atoms with Crippen LogP contribution in [-0.4, -0.2) is 20.2 Å². The first kappa shape index (κ1) is 11.0. The van der Waals surface area contributed by atoms with Crippen molar-refractivity contribution in [2.45, 2.75) is 6.92 Å². The van der Waals surface area contributed by atoms with E-state index in [0.29, 0.717) is 11.1 Å². The van der Waals surface area contributed by atoms with E-state index in [2.05, 4.69) is 9.97 Å². The number of rotatable bonds is 1. The fraction of sp³-hybridized carbons (Fsp3) is 0.0909. The Kier molecular flexibility index (Phi) is 2.47. The van der Waals surface area contributed by atoms with Gasteiger partial charge in [-0.25, -0.2) is 4.98 Å². The average Bonchev–Trinajstić information content (AvgIpc) is 2.29. The summed E-state index contributed by atoms with van der Waals surface area (Å²) in [4.78, 5) is 18.0. The Labute approximate surface area is 96.4 Å². The van der Waals surface area contributed by atoms with E-state index in [1.165, 1.54) is 18.2 Å². The largest absolute Gasteiger partial charge is 0.504 e. The van der Waals surface area contributed by atoms with Crippen molar-refractivity contribution >= 4 is 5.82 Å². The Morgan fingerprint density at radius 3 is 2.59 bits per heavy atom. The van der Waals surface area contributed by atoms with Crippen LogP contribution >= 0.6 is 0 Å². The maximum absolute atomic E-state index is 11.5. The average molecular weight is 233 g/mol. The van der Waals surface area contributed by atoms with Crippen molar-refractivity contribution in [3.05, 3.63) is 34.1 Å². The summed E-state index contributed by atoms with van der Waals surface area (Å²) >= 11 is 0. The zero-order chi connectivity index (χ0) is 12.6. The summed E-state index contributed by atoms with van der Waals surface area (Å²) in [6.45, 7) is 1.57. The lowest BCUT2D eigenvalue weighted by Crippen LogP contribution is -2.15. The third kappa shape index (κ3) is 1.92. The Morgan fingerprint density at radius 1 is 1.29 bits per heavy atom. The van der Waals surface area contributed by atoms with Gasteiger partial charge in [-0.15, -0.1) is 0 Å². The van der Waals surface area contributed by atoms with E-state index >= 15 is 0 Å². The first-order chi connectivity index (χ1) is 7.99. The highest BCUT2D eigenvalue weighted by Gasteiger charge is 2.08. The van der Waals surface area contributed by atoms with Crippen molar-refractivity contribution < 1.29 is 10.2 Å². The normalized spacial score (nSPS) is 10.4. The van der Waals surface area contributed by atoms with Crippen LogP contribution in [0.4, 0.5) is 5.82 Å². The lowest BCUT2D eigenvalue weighted by molar-refractivity contribution is 0.404. The minimum absolute atomic E-state index is 0.135. The van der Waals surface area contributed by atoms with Crippen molar-refractivity contribution in [2.75, 3.05) is 5.73 Å². The quantitative estimate of drug-likeness (QED) is 0.543. The van der Waals surface area contributed by atoms with Crippen LogP contribution < -0.4 is 11.3 Å². The summed E-state index contributed by atoms with van der Waals surface area (Å²) < 4.78 is 0. The van der Waals surface area contributed by atoms with Crippen molar-refractivity contribution in [1.29, 1.82) is 0 Å². The number of nitrogens with two attached hydrogens (primary N) is 1. The number of aromatic nitrogens is 2. The van der Waals surface area contributed by atoms with Gasteiger partial charge in [-0.2, -0.15) is 0 Å². The maximum Gasteiger partial charge on any atom is 0.256 e. The van der Waals surface area contributed by atoms with Crippen LogP contribution in [0.5, 0.6) is 11.5 Å². The van der Waals surface area contributed by atoms with Gasteiger partial charge in [0.2, 0.25) is 0 Å². The molecule has 0 radical (unpaired) electrons. The number of H-pyrrole nitrogens is 1. The van der Waals surface area contributed by atoms with Crippen LogP contribution in [0.15, 0.2) is 23.0 Å². The van der Waals surface area contributed by atoms with Gasteiger partial charge in [-0.1, -0.05) is 0 Å². The second kappa shape index (κ2) is 3.82. The Balaban J connectivity index is 2.61. The van der Waals surface area contributed by atoms with E-state index in [9.17, 15) is 15.0 Å². The molecule has 0 aliphatic carbocycles. The number of nitrogen functional groups attached to an aromatic ring is 1. The first-order valence-corrected chi connectivity index (χ1v) is 4.88. The molecule has 2 rings (SSSR count). The highest BCUT2D eigenvalue weighted by molar-refractivity contribution is 5.61. The molecule has 0 saturated heterocycles. The molecule has 0 unspecified atom stereocenters. The van der Waals surface area contributed by atoms with Crippen molar-refractivity contribution in [3.8, 4) is 22.9 Å². The predicted octanol–water partition coefficient (Wildman–Crippen LogP) is 0.739. The highest BCUT2D eigenvalue weighted by Crippen LogP contribution is 2.28. The van der Waals surface area contributed by atoms with Crippen molar-refractivity contribution in [1.82, 2.24) is 9.97 Å². The summed E-state index contributed by atoms with van der Waals surface area (Å²) in [5.74, 6) is -0.148. The number of nitrogens with one attached hydrogen (secondary N) is 1. The molecule has 0 atom stereocenters. The SMILES string of the molecule is Cc1c(N)nc(-c2ccc(O)c(O)c2)[nH]c1=O. The predicted molar refractivity (Wildman–Crippen MR) is 62.8 cm³/mol. The molecule has 6 heteroatoms. The number of aromatic hydroxyl groups is 2. The summed E-state index contributed by atoms with van der Waals surface area (Å²) in [6, 6.07) is 4.12. The third-order valence-corrected chi connectivity index (χ3v) is 2.44. The van der Waals surface area contributed by atoms with E-state index in [4.69, 9.17) is 5.73 Å². The molecule has 0 saturated carbocycles. The van der Waals surface area contributed by atoms with E-state index in [0.717, 1.165) is 0 Å². The van der Waals surface area contributed by atoms with E-state index in [1.807, 2.05) is 0 Å². The van der Waals surface area contributed by atoms with Gasteiger partial charge in [-0.3, -0.25) is 4.79 Å². The van der Waals surface area contributed by atoms with Crippen LogP contribution in [0, 0.1) is 6.92 Å². The van der Waals surface area contributed by atoms with Gasteiger partial charge in [0, 0.05) is 5.56 Å². The number of anilines is 1. The number of nitrogens with zero attached hydrogens (tertiary/aromatic N) is 1. The Bertz CT molecular complexity index is 634. The molecule has 1 aromatic carbocycles. The van der Waals surface area contributed by atoms with Crippen LogP contribution in [0.1, 0.15) is 5.56 Å². The molecule has 6 nitrogen and oxygen atoms in total. The number of aromatic amines is 1. The second-order valence-electron chi connectivity index (χ2n) is 3.63. The topological polar surface area (TPSA) is 112 Å². The molecule has 0 amide bonds. The molecular formula is C11H11N3O3. The zero-order valence-electron chi connectivity index (χ0n) is 9.06. The molecule has 0 aliphatic heterocycles. The van der Waals surface area contributed by atoms with Gasteiger partial charge in [-0.05, 0) is 25.1 Å². The van der Waals surface area contributed by atoms with Crippen LogP contribution in [0.3, 0.4) is 0 Å². The number of hydrogen-bond acceptors (Lipinski definition) is 5. The van der Waals surface area contributed by atoms with Crippen LogP contribution in [0.2, 0.25) is 0 Å². The van der Waals surface area contributed by atoms with Gasteiger partial charge in [0.15, 0.2) is 11.5 Å². The van der Waals surface area contributed by atoms with Gasteiger partial charge in [0.05, 0.1) is 5.56 Å². The van der Waals surface area contributed by atoms with Gasteiger partial charge in [0.25, 0.3) is 5.56 Å². The van der Waals surface area contributed by atoms with Crippen molar-refractivity contribution in [3.63, 3.8) is 0 Å². The zero-order valence-corrected chi connectivity index (χ0v) is 9.06. The van der Waals surface area contributed by atoms with Crippen LogP contribution in [0.25, 0.3) is 11.4 Å². The van der Waals surface area contributed by atoms with Gasteiger partial charge in [0.1, 0.15) is 11.6 Å². The first-order valence-electron chi connectivity index (χ1n) is 4.88. The van der Waals surface area contributed by atoms with Gasteiger partial charge >= 0.3 is 0 Å². The summed E-state index contributed by atoms with van der Waals surface area (Å²) in [7, 11) is 0. The number of hydrogen-bond donors (Lipinski definition) is 4.